The van der Waals surface area contributed by atoms with Crippen molar-refractivity contribution in [3.05, 3.63) is 9.81 Å². The van der Waals surface area contributed by atoms with Crippen LogP contribution in [0.4, 0.5) is 11.6 Å². The summed E-state index contributed by atoms with van der Waals surface area (Å²) in [6.45, 7) is 0. The first-order valence-electron chi connectivity index (χ1n) is 1.96. The molecule has 7 nitrogen and oxygen atoms in total. The minimum atomic E-state index is -0.315. The summed E-state index contributed by atoms with van der Waals surface area (Å²) in [5.41, 5.74) is 0. The Bertz CT molecular complexity index is 206. The highest BCUT2D eigenvalue weighted by atomic mass is 16.3. The number of hydrogen-bond donors (Lipinski definition) is 1. The molecule has 0 aliphatic rings. The zero-order valence-corrected chi connectivity index (χ0v) is 4.11. The molecule has 46 valence electrons. The number of aromatic nitrogens is 3. The molecule has 9 heavy (non-hydrogen) atoms. The van der Waals surface area contributed by atoms with E-state index >= 15 is 0 Å². The fourth-order valence-corrected chi connectivity index (χ4v) is 0.342. The van der Waals surface area contributed by atoms with E-state index in [9.17, 15) is 9.81 Å². The number of H-pyrrole nitrogens is 1. The van der Waals surface area contributed by atoms with Crippen molar-refractivity contribution in [1.82, 2.24) is 15.4 Å². The second-order valence-corrected chi connectivity index (χ2v) is 1.15. The molecular weight excluding hydrogens is 126 g/mol. The van der Waals surface area contributed by atoms with Crippen LogP contribution in [0, 0.1) is 9.81 Å². The molecule has 1 aromatic heterocycles. The van der Waals surface area contributed by atoms with Gasteiger partial charge in [0.1, 0.15) is 0 Å². The lowest BCUT2D eigenvalue weighted by molar-refractivity contribution is 0.938. The predicted octanol–water partition coefficient (Wildman–Crippen LogP) is 0.601. The molecule has 7 heteroatoms. The Kier molecular flexibility index (Phi) is 1.26. The molecule has 1 aromatic rings. The van der Waals surface area contributed by atoms with Gasteiger partial charge in [0.2, 0.25) is 0 Å². The molecule has 0 aliphatic heterocycles. The average Bonchev–Trinajstić information content (AvgIpc) is 2.33. The van der Waals surface area contributed by atoms with Gasteiger partial charge in [-0.3, -0.25) is 0 Å². The van der Waals surface area contributed by atoms with Gasteiger partial charge >= 0.3 is 0 Å². The summed E-state index contributed by atoms with van der Waals surface area (Å²) in [4.78, 5) is 19.4. The number of nitroso groups, excluding NO2 is 2. The molecule has 0 spiro atoms. The minimum Gasteiger partial charge on any atom is -0.193 e. The van der Waals surface area contributed by atoms with Gasteiger partial charge in [0.05, 0.1) is 0 Å². The van der Waals surface area contributed by atoms with Crippen LogP contribution in [0.25, 0.3) is 0 Å². The maximum atomic E-state index is 9.68. The van der Waals surface area contributed by atoms with Crippen LogP contribution in [0.3, 0.4) is 0 Å². The molecule has 0 unspecified atom stereocenters. The summed E-state index contributed by atoms with van der Waals surface area (Å²) in [6, 6.07) is 0. The van der Waals surface area contributed by atoms with Crippen LogP contribution in [0.2, 0.25) is 0 Å². The zero-order chi connectivity index (χ0) is 6.69. The molecular formula is C2HN5O2. The summed E-state index contributed by atoms with van der Waals surface area (Å²) in [7, 11) is 0. The number of aromatic amines is 1. The van der Waals surface area contributed by atoms with Crippen molar-refractivity contribution in [1.29, 1.82) is 0 Å². The standard InChI is InChI=1S/C2HN5O2/c8-5-1-2(6-9)4-7-3-1/h(H,3,4,7). The molecule has 0 saturated heterocycles. The SMILES string of the molecule is O=Nc1n[nH]nc1N=O. The Morgan fingerprint density at radius 3 is 1.89 bits per heavy atom. The molecule has 0 atom stereocenters. The van der Waals surface area contributed by atoms with Gasteiger partial charge in [0, 0.05) is 0 Å². The van der Waals surface area contributed by atoms with Crippen molar-refractivity contribution < 1.29 is 0 Å². The molecule has 0 fully saturated rings. The highest BCUT2D eigenvalue weighted by molar-refractivity contribution is 5.48. The van der Waals surface area contributed by atoms with Crippen LogP contribution in [0.15, 0.2) is 10.4 Å². The van der Waals surface area contributed by atoms with Crippen LogP contribution in [-0.2, 0) is 0 Å². The van der Waals surface area contributed by atoms with Crippen molar-refractivity contribution in [3.8, 4) is 0 Å². The normalized spacial score (nSPS) is 8.89. The van der Waals surface area contributed by atoms with Gasteiger partial charge in [-0.1, -0.05) is 0 Å². The molecule has 1 heterocycles. The van der Waals surface area contributed by atoms with E-state index in [1.165, 1.54) is 0 Å². The van der Waals surface area contributed by atoms with Crippen LogP contribution >= 0.6 is 0 Å². The number of nitrogens with zero attached hydrogens (tertiary/aromatic N) is 4. The number of nitrogens with one attached hydrogen (secondary N) is 1. The highest BCUT2D eigenvalue weighted by Gasteiger charge is 2.05. The van der Waals surface area contributed by atoms with E-state index in [1.54, 1.807) is 0 Å². The third-order valence-electron chi connectivity index (χ3n) is 0.685. The maximum Gasteiger partial charge on any atom is 0.267 e. The van der Waals surface area contributed by atoms with E-state index in [4.69, 9.17) is 0 Å². The van der Waals surface area contributed by atoms with E-state index in [2.05, 4.69) is 20.6 Å². The van der Waals surface area contributed by atoms with Gasteiger partial charge in [-0.2, -0.15) is 5.21 Å². The Balaban J connectivity index is 3.12. The molecule has 0 amide bonds. The number of rotatable bonds is 2. The summed E-state index contributed by atoms with van der Waals surface area (Å²) in [5, 5.41) is 13.1. The molecule has 0 bridgehead atoms. The Morgan fingerprint density at radius 2 is 1.56 bits per heavy atom. The van der Waals surface area contributed by atoms with Crippen LogP contribution < -0.4 is 0 Å². The van der Waals surface area contributed by atoms with E-state index < -0.39 is 0 Å². The minimum absolute atomic E-state index is 0.315. The van der Waals surface area contributed by atoms with Crippen molar-refractivity contribution in [3.63, 3.8) is 0 Å². The van der Waals surface area contributed by atoms with E-state index in [1.807, 2.05) is 5.21 Å². The van der Waals surface area contributed by atoms with E-state index in [0.717, 1.165) is 0 Å². The topological polar surface area (TPSA) is 100 Å². The van der Waals surface area contributed by atoms with Gasteiger partial charge in [-0.15, -0.1) is 20.0 Å². The molecule has 0 radical (unpaired) electrons. The third kappa shape index (κ3) is 0.784. The van der Waals surface area contributed by atoms with Crippen LogP contribution in [0.5, 0.6) is 0 Å². The summed E-state index contributed by atoms with van der Waals surface area (Å²) < 4.78 is 0. The number of hydrogen-bond acceptors (Lipinski definition) is 6. The zero-order valence-electron chi connectivity index (χ0n) is 4.11. The second kappa shape index (κ2) is 2.07. The summed E-state index contributed by atoms with van der Waals surface area (Å²) in [6.07, 6.45) is 0. The molecule has 0 saturated carbocycles. The molecule has 1 rings (SSSR count). The van der Waals surface area contributed by atoms with Crippen molar-refractivity contribution in [2.75, 3.05) is 0 Å². The fourth-order valence-electron chi connectivity index (χ4n) is 0.342. The van der Waals surface area contributed by atoms with Gasteiger partial charge in [-0.05, 0) is 10.4 Å². The van der Waals surface area contributed by atoms with Crippen LogP contribution in [-0.4, -0.2) is 15.4 Å². The van der Waals surface area contributed by atoms with Crippen LogP contribution in [0.1, 0.15) is 0 Å². The van der Waals surface area contributed by atoms with E-state index in [-0.39, 0.29) is 11.6 Å². The van der Waals surface area contributed by atoms with Crippen molar-refractivity contribution >= 4 is 11.6 Å². The molecule has 0 aromatic carbocycles. The van der Waals surface area contributed by atoms with Gasteiger partial charge in [0.25, 0.3) is 11.6 Å². The maximum absolute atomic E-state index is 9.68. The van der Waals surface area contributed by atoms with Gasteiger partial charge in [-0.25, -0.2) is 0 Å². The fraction of sp³-hybridized carbons (Fsp3) is 0. The Labute approximate surface area is 48.4 Å². The highest BCUT2D eigenvalue weighted by Crippen LogP contribution is 2.19. The van der Waals surface area contributed by atoms with Crippen molar-refractivity contribution in [2.24, 2.45) is 10.4 Å². The summed E-state index contributed by atoms with van der Waals surface area (Å²) >= 11 is 0. The lowest BCUT2D eigenvalue weighted by Crippen LogP contribution is -1.64. The predicted molar refractivity (Wildman–Crippen MR) is 27.3 cm³/mol. The first-order valence-corrected chi connectivity index (χ1v) is 1.96. The smallest absolute Gasteiger partial charge is 0.193 e. The lowest BCUT2D eigenvalue weighted by atomic mass is 10.7. The lowest BCUT2D eigenvalue weighted by Gasteiger charge is -1.70. The quantitative estimate of drug-likeness (QED) is 0.587. The van der Waals surface area contributed by atoms with Crippen molar-refractivity contribution in [2.45, 2.75) is 0 Å². The summed E-state index contributed by atoms with van der Waals surface area (Å²) in [5.74, 6) is -0.630. The van der Waals surface area contributed by atoms with E-state index in [0.29, 0.717) is 0 Å². The molecule has 1 N–H and O–H groups in total. The van der Waals surface area contributed by atoms with Gasteiger partial charge in [0.15, 0.2) is 0 Å². The Hall–Kier alpha value is -1.66. The average molecular weight is 127 g/mol. The molecule has 0 aliphatic carbocycles. The first-order chi connectivity index (χ1) is 4.38. The largest absolute Gasteiger partial charge is 0.267 e. The van der Waals surface area contributed by atoms with Gasteiger partial charge < -0.3 is 0 Å². The first kappa shape index (κ1) is 5.48. The monoisotopic (exact) mass is 127 g/mol. The second-order valence-electron chi connectivity index (χ2n) is 1.15. The third-order valence-corrected chi connectivity index (χ3v) is 0.685. The Morgan fingerprint density at radius 1 is 1.11 bits per heavy atom.